The first-order chi connectivity index (χ1) is 11.9. The lowest BCUT2D eigenvalue weighted by Gasteiger charge is -2.30. The summed E-state index contributed by atoms with van der Waals surface area (Å²) in [4.78, 5) is 12.6. The second-order valence-corrected chi connectivity index (χ2v) is 8.44. The number of amides is 1. The Bertz CT molecular complexity index is 856. The number of carbonyl (C=O) groups excluding carboxylic acids is 1. The number of nitrogens with zero attached hydrogens (tertiary/aromatic N) is 1. The fourth-order valence-corrected chi connectivity index (χ4v) is 4.12. The van der Waals surface area contributed by atoms with Gasteiger partial charge in [-0.05, 0) is 44.0 Å². The van der Waals surface area contributed by atoms with Crippen molar-refractivity contribution >= 4 is 15.9 Å². The average Bonchev–Trinajstić information content (AvgIpc) is 3.08. The molecule has 0 spiro atoms. The van der Waals surface area contributed by atoms with E-state index in [0.29, 0.717) is 11.5 Å². The summed E-state index contributed by atoms with van der Waals surface area (Å²) in [6.45, 7) is 5.70. The predicted octanol–water partition coefficient (Wildman–Crippen LogP) is 1.76. The molecule has 0 radical (unpaired) electrons. The average molecular weight is 361 g/mol. The van der Waals surface area contributed by atoms with Gasteiger partial charge in [0.05, 0.1) is 10.5 Å². The normalized spacial score (nSPS) is 21.0. The Morgan fingerprint density at radius 3 is 2.64 bits per heavy atom. The first-order valence-electron chi connectivity index (χ1n) is 8.40. The Balaban J connectivity index is 1.77. The Kier molecular flexibility index (Phi) is 4.96. The summed E-state index contributed by atoms with van der Waals surface area (Å²) in [6, 6.07) is 8.23. The van der Waals surface area contributed by atoms with E-state index in [1.165, 1.54) is 18.5 Å². The van der Waals surface area contributed by atoms with Crippen molar-refractivity contribution in [2.75, 3.05) is 13.1 Å². The van der Waals surface area contributed by atoms with Gasteiger partial charge in [0.25, 0.3) is 15.9 Å². The molecule has 1 aliphatic rings. The smallest absolute Gasteiger partial charge is 0.267 e. The monoisotopic (exact) mass is 361 g/mol. The van der Waals surface area contributed by atoms with E-state index in [2.05, 4.69) is 17.6 Å². The maximum Gasteiger partial charge on any atom is 0.267 e. The number of rotatable bonds is 4. The molecule has 0 aliphatic carbocycles. The largest absolute Gasteiger partial charge is 0.348 e. The minimum atomic E-state index is -3.69. The molecule has 134 valence electrons. The summed E-state index contributed by atoms with van der Waals surface area (Å²) in [7, 11) is -3.69. The van der Waals surface area contributed by atoms with Gasteiger partial charge in [-0.2, -0.15) is 0 Å². The van der Waals surface area contributed by atoms with Gasteiger partial charge in [0.15, 0.2) is 0 Å². The predicted molar refractivity (Wildman–Crippen MR) is 96.1 cm³/mol. The maximum absolute atomic E-state index is 12.6. The zero-order valence-corrected chi connectivity index (χ0v) is 15.2. The zero-order valence-electron chi connectivity index (χ0n) is 14.4. The van der Waals surface area contributed by atoms with Gasteiger partial charge < -0.3 is 10.6 Å². The van der Waals surface area contributed by atoms with Crippen LogP contribution in [0, 0.1) is 12.8 Å². The van der Waals surface area contributed by atoms with E-state index >= 15 is 0 Å². The number of nitrogens with one attached hydrogen (secondary N) is 2. The van der Waals surface area contributed by atoms with Crippen molar-refractivity contribution in [2.24, 2.45) is 5.92 Å². The van der Waals surface area contributed by atoms with E-state index in [4.69, 9.17) is 0 Å². The third-order valence-corrected chi connectivity index (χ3v) is 6.32. The maximum atomic E-state index is 12.6. The van der Waals surface area contributed by atoms with Gasteiger partial charge in [0.1, 0.15) is 0 Å². The van der Waals surface area contributed by atoms with E-state index in [1.807, 2.05) is 6.92 Å². The van der Waals surface area contributed by atoms with Gasteiger partial charge in [-0.15, -0.1) is 0 Å². The SMILES string of the molecule is Cc1ccc(S(=O)(=O)n2ccc(C(=O)NC3CNCCC3C)c2)cc1. The van der Waals surface area contributed by atoms with Crippen LogP contribution in [0.4, 0.5) is 0 Å². The van der Waals surface area contributed by atoms with Crippen LogP contribution in [0.25, 0.3) is 0 Å². The van der Waals surface area contributed by atoms with E-state index < -0.39 is 10.0 Å². The number of carbonyl (C=O) groups is 1. The van der Waals surface area contributed by atoms with Crippen molar-refractivity contribution < 1.29 is 13.2 Å². The molecule has 2 N–H and O–H groups in total. The first kappa shape index (κ1) is 17.7. The molecular weight excluding hydrogens is 338 g/mol. The van der Waals surface area contributed by atoms with Gasteiger partial charge >= 0.3 is 0 Å². The number of hydrogen-bond donors (Lipinski definition) is 2. The molecule has 2 aromatic rings. The zero-order chi connectivity index (χ0) is 18.0. The standard InChI is InChI=1S/C18H23N3O3S/c1-13-3-5-16(6-4-13)25(23,24)21-10-8-15(12-21)18(22)20-17-11-19-9-7-14(17)2/h3-6,8,10,12,14,17,19H,7,9,11H2,1-2H3,(H,20,22). The van der Waals surface area contributed by atoms with E-state index in [0.717, 1.165) is 29.0 Å². The molecule has 25 heavy (non-hydrogen) atoms. The fraction of sp³-hybridized carbons (Fsp3) is 0.389. The molecule has 2 atom stereocenters. The van der Waals surface area contributed by atoms with Crippen LogP contribution in [0.1, 0.15) is 29.3 Å². The van der Waals surface area contributed by atoms with Crippen molar-refractivity contribution in [2.45, 2.75) is 31.2 Å². The first-order valence-corrected chi connectivity index (χ1v) is 9.84. The van der Waals surface area contributed by atoms with Crippen LogP contribution in [0.3, 0.4) is 0 Å². The lowest BCUT2D eigenvalue weighted by Crippen LogP contribution is -2.50. The van der Waals surface area contributed by atoms with Crippen molar-refractivity contribution in [3.8, 4) is 0 Å². The van der Waals surface area contributed by atoms with Crippen molar-refractivity contribution in [3.63, 3.8) is 0 Å². The highest BCUT2D eigenvalue weighted by Crippen LogP contribution is 2.17. The minimum Gasteiger partial charge on any atom is -0.348 e. The Morgan fingerprint density at radius 1 is 1.24 bits per heavy atom. The number of aromatic nitrogens is 1. The van der Waals surface area contributed by atoms with Crippen LogP contribution in [-0.2, 0) is 10.0 Å². The van der Waals surface area contributed by atoms with Crippen LogP contribution in [0.15, 0.2) is 47.6 Å². The van der Waals surface area contributed by atoms with Crippen LogP contribution < -0.4 is 10.6 Å². The molecular formula is C18H23N3O3S. The topological polar surface area (TPSA) is 80.2 Å². The minimum absolute atomic E-state index is 0.0540. The van der Waals surface area contributed by atoms with Crippen LogP contribution in [0.2, 0.25) is 0 Å². The molecule has 1 aromatic heterocycles. The second kappa shape index (κ2) is 7.01. The Labute approximate surface area is 148 Å². The lowest BCUT2D eigenvalue weighted by atomic mass is 9.94. The van der Waals surface area contributed by atoms with E-state index in [9.17, 15) is 13.2 Å². The molecule has 3 rings (SSSR count). The van der Waals surface area contributed by atoms with Crippen molar-refractivity contribution in [1.29, 1.82) is 0 Å². The highest BCUT2D eigenvalue weighted by molar-refractivity contribution is 7.90. The third kappa shape index (κ3) is 3.77. The molecule has 1 aromatic carbocycles. The number of hydrogen-bond acceptors (Lipinski definition) is 4. The number of aryl methyl sites for hydroxylation is 1. The summed E-state index contributed by atoms with van der Waals surface area (Å²) < 4.78 is 26.4. The molecule has 2 heterocycles. The van der Waals surface area contributed by atoms with Crippen LogP contribution in [-0.4, -0.2) is 37.4 Å². The summed E-state index contributed by atoms with van der Waals surface area (Å²) >= 11 is 0. The lowest BCUT2D eigenvalue weighted by molar-refractivity contribution is 0.0915. The number of benzene rings is 1. The summed E-state index contributed by atoms with van der Waals surface area (Å²) in [6.07, 6.45) is 3.78. The van der Waals surface area contributed by atoms with Gasteiger partial charge in [-0.25, -0.2) is 12.4 Å². The molecule has 1 fully saturated rings. The summed E-state index contributed by atoms with van der Waals surface area (Å²) in [5.41, 5.74) is 1.33. The van der Waals surface area contributed by atoms with Crippen LogP contribution in [0.5, 0.6) is 0 Å². The highest BCUT2D eigenvalue weighted by atomic mass is 32.2. The van der Waals surface area contributed by atoms with Crippen molar-refractivity contribution in [1.82, 2.24) is 14.6 Å². The Hall–Kier alpha value is -2.12. The number of piperidine rings is 1. The molecule has 0 saturated carbocycles. The molecule has 7 heteroatoms. The molecule has 1 aliphatic heterocycles. The van der Waals surface area contributed by atoms with Gasteiger partial charge in [0, 0.05) is 25.0 Å². The van der Waals surface area contributed by atoms with Gasteiger partial charge in [-0.1, -0.05) is 24.6 Å². The summed E-state index contributed by atoms with van der Waals surface area (Å²) in [5, 5.41) is 6.25. The molecule has 6 nitrogen and oxygen atoms in total. The third-order valence-electron chi connectivity index (χ3n) is 4.67. The Morgan fingerprint density at radius 2 is 1.96 bits per heavy atom. The van der Waals surface area contributed by atoms with Crippen molar-refractivity contribution in [3.05, 3.63) is 53.9 Å². The molecule has 1 amide bonds. The highest BCUT2D eigenvalue weighted by Gasteiger charge is 2.24. The van der Waals surface area contributed by atoms with Gasteiger partial charge in [0.2, 0.25) is 0 Å². The summed E-state index contributed by atoms with van der Waals surface area (Å²) in [5.74, 6) is 0.141. The van der Waals surface area contributed by atoms with E-state index in [-0.39, 0.29) is 16.8 Å². The quantitative estimate of drug-likeness (QED) is 0.870. The molecule has 0 bridgehead atoms. The fourth-order valence-electron chi connectivity index (χ4n) is 2.93. The van der Waals surface area contributed by atoms with Crippen LogP contribution >= 0.6 is 0 Å². The molecule has 2 unspecified atom stereocenters. The van der Waals surface area contributed by atoms with E-state index in [1.54, 1.807) is 24.3 Å². The second-order valence-electron chi connectivity index (χ2n) is 6.60. The molecule has 1 saturated heterocycles. The van der Waals surface area contributed by atoms with Gasteiger partial charge in [-0.3, -0.25) is 4.79 Å².